The molecule has 2 heterocycles. The quantitative estimate of drug-likeness (QED) is 0.898. The maximum absolute atomic E-state index is 11.1. The molecular formula is C16H19NO3. The first-order valence-corrected chi connectivity index (χ1v) is 6.95. The molecule has 20 heavy (non-hydrogen) atoms. The summed E-state index contributed by atoms with van der Waals surface area (Å²) in [5, 5.41) is 9.13. The molecule has 1 aromatic carbocycles. The summed E-state index contributed by atoms with van der Waals surface area (Å²) in [5.74, 6) is 0.151. The largest absolute Gasteiger partial charge is 0.481 e. The highest BCUT2D eigenvalue weighted by Gasteiger charge is 2.42. The van der Waals surface area contributed by atoms with Crippen LogP contribution in [0.15, 0.2) is 24.3 Å². The van der Waals surface area contributed by atoms with Crippen LogP contribution in [0, 0.1) is 6.92 Å². The number of benzene rings is 1. The molecule has 0 bridgehead atoms. The van der Waals surface area contributed by atoms with E-state index in [0.29, 0.717) is 6.54 Å². The minimum Gasteiger partial charge on any atom is -0.481 e. The van der Waals surface area contributed by atoms with Crippen molar-refractivity contribution in [3.8, 4) is 5.75 Å². The zero-order chi connectivity index (χ0) is 14.3. The lowest BCUT2D eigenvalue weighted by molar-refractivity contribution is -0.142. The van der Waals surface area contributed by atoms with Gasteiger partial charge in [0.15, 0.2) is 0 Å². The van der Waals surface area contributed by atoms with E-state index >= 15 is 0 Å². The van der Waals surface area contributed by atoms with Gasteiger partial charge in [0.25, 0.3) is 0 Å². The highest BCUT2D eigenvalue weighted by Crippen LogP contribution is 2.38. The summed E-state index contributed by atoms with van der Waals surface area (Å²) < 4.78 is 6.25. The lowest BCUT2D eigenvalue weighted by Crippen LogP contribution is -2.43. The Balaban J connectivity index is 1.84. The summed E-state index contributed by atoms with van der Waals surface area (Å²) in [6, 6.07) is 5.63. The van der Waals surface area contributed by atoms with Crippen LogP contribution in [-0.4, -0.2) is 40.7 Å². The fraction of sp³-hybridized carbons (Fsp3) is 0.438. The Kier molecular flexibility index (Phi) is 3.05. The minimum atomic E-state index is -0.779. The van der Waals surface area contributed by atoms with Gasteiger partial charge in [-0.15, -0.1) is 0 Å². The van der Waals surface area contributed by atoms with Crippen molar-refractivity contribution in [3.63, 3.8) is 0 Å². The second-order valence-electron chi connectivity index (χ2n) is 5.73. The van der Waals surface area contributed by atoms with E-state index in [4.69, 9.17) is 9.84 Å². The Morgan fingerprint density at radius 3 is 3.05 bits per heavy atom. The number of carboxylic acids is 1. The van der Waals surface area contributed by atoms with Crippen molar-refractivity contribution in [3.05, 3.63) is 35.4 Å². The van der Waals surface area contributed by atoms with E-state index < -0.39 is 12.0 Å². The highest BCUT2D eigenvalue weighted by atomic mass is 16.5. The molecule has 4 nitrogen and oxygen atoms in total. The Bertz CT molecular complexity index is 581. The molecule has 2 atom stereocenters. The third-order valence-electron chi connectivity index (χ3n) is 4.31. The van der Waals surface area contributed by atoms with E-state index in [0.717, 1.165) is 29.8 Å². The average molecular weight is 273 g/mol. The van der Waals surface area contributed by atoms with Crippen LogP contribution in [0.2, 0.25) is 0 Å². The van der Waals surface area contributed by atoms with Crippen LogP contribution in [0.4, 0.5) is 0 Å². The number of ether oxygens (including phenoxy) is 1. The number of carbonyl (C=O) groups is 1. The molecule has 2 aliphatic heterocycles. The van der Waals surface area contributed by atoms with Gasteiger partial charge in [-0.1, -0.05) is 24.3 Å². The molecule has 0 aromatic heterocycles. The summed E-state index contributed by atoms with van der Waals surface area (Å²) >= 11 is 0. The normalized spacial score (nSPS) is 26.3. The molecule has 4 heteroatoms. The third kappa shape index (κ3) is 2.10. The number of likely N-dealkylation sites (tertiary alicyclic amines) is 1. The van der Waals surface area contributed by atoms with Gasteiger partial charge >= 0.3 is 5.97 Å². The number of rotatable bonds is 2. The second-order valence-corrected chi connectivity index (χ2v) is 5.73. The molecule has 1 spiro atoms. The first-order valence-electron chi connectivity index (χ1n) is 6.95. The Labute approximate surface area is 118 Å². The topological polar surface area (TPSA) is 49.8 Å². The monoisotopic (exact) mass is 273 g/mol. The van der Waals surface area contributed by atoms with Crippen LogP contribution in [0.25, 0.3) is 6.08 Å². The number of carboxylic acid groups (broad SMARTS) is 1. The molecule has 0 aliphatic carbocycles. The van der Waals surface area contributed by atoms with Crippen LogP contribution in [0.1, 0.15) is 24.5 Å². The summed E-state index contributed by atoms with van der Waals surface area (Å²) in [6.07, 6.45) is 5.01. The number of para-hydroxylation sites is 1. The summed E-state index contributed by atoms with van der Waals surface area (Å²) in [7, 11) is 0. The number of aliphatic carboxylic acids is 1. The van der Waals surface area contributed by atoms with Gasteiger partial charge in [0.05, 0.1) is 0 Å². The molecule has 1 aromatic rings. The van der Waals surface area contributed by atoms with Gasteiger partial charge in [0.2, 0.25) is 0 Å². The van der Waals surface area contributed by atoms with Gasteiger partial charge < -0.3 is 9.84 Å². The van der Waals surface area contributed by atoms with E-state index in [2.05, 4.69) is 12.2 Å². The van der Waals surface area contributed by atoms with Crippen LogP contribution in [-0.2, 0) is 4.79 Å². The van der Waals surface area contributed by atoms with Gasteiger partial charge in [0, 0.05) is 25.1 Å². The van der Waals surface area contributed by atoms with Gasteiger partial charge in [-0.05, 0) is 25.5 Å². The summed E-state index contributed by atoms with van der Waals surface area (Å²) in [4.78, 5) is 13.1. The summed E-state index contributed by atoms with van der Waals surface area (Å²) in [5.41, 5.74) is 1.85. The molecule has 1 saturated heterocycles. The lowest BCUT2D eigenvalue weighted by atomic mass is 9.96. The van der Waals surface area contributed by atoms with Crippen molar-refractivity contribution in [2.24, 2.45) is 0 Å². The molecule has 106 valence electrons. The first-order chi connectivity index (χ1) is 9.51. The van der Waals surface area contributed by atoms with Crippen molar-refractivity contribution >= 4 is 12.0 Å². The molecule has 0 amide bonds. The Morgan fingerprint density at radius 1 is 1.50 bits per heavy atom. The van der Waals surface area contributed by atoms with Crippen LogP contribution in [0.3, 0.4) is 0 Å². The van der Waals surface area contributed by atoms with Crippen molar-refractivity contribution in [2.45, 2.75) is 31.9 Å². The predicted molar refractivity (Wildman–Crippen MR) is 76.9 cm³/mol. The SMILES string of the molecule is Cc1cccc2c1OC1(C=C2)CCN(C(C)C(=O)O)C1. The lowest BCUT2D eigenvalue weighted by Gasteiger charge is -2.33. The highest BCUT2D eigenvalue weighted by molar-refractivity contribution is 5.73. The van der Waals surface area contributed by atoms with E-state index in [1.54, 1.807) is 6.92 Å². The second kappa shape index (κ2) is 4.63. The minimum absolute atomic E-state index is 0.372. The zero-order valence-electron chi connectivity index (χ0n) is 11.8. The standard InChI is InChI=1S/C16H19NO3/c1-11-4-3-5-13-6-7-16(20-14(11)13)8-9-17(10-16)12(2)15(18)19/h3-7,12H,8-10H2,1-2H3,(H,18,19). The zero-order valence-corrected chi connectivity index (χ0v) is 11.8. The molecule has 2 aliphatic rings. The molecule has 2 unspecified atom stereocenters. The fourth-order valence-electron chi connectivity index (χ4n) is 2.97. The van der Waals surface area contributed by atoms with E-state index in [9.17, 15) is 4.79 Å². The van der Waals surface area contributed by atoms with Crippen LogP contribution in [0.5, 0.6) is 5.75 Å². The van der Waals surface area contributed by atoms with E-state index in [-0.39, 0.29) is 5.60 Å². The van der Waals surface area contributed by atoms with Crippen molar-refractivity contribution in [1.29, 1.82) is 0 Å². The number of fused-ring (bicyclic) bond motifs is 1. The fourth-order valence-corrected chi connectivity index (χ4v) is 2.97. The van der Waals surface area contributed by atoms with Crippen LogP contribution >= 0.6 is 0 Å². The summed E-state index contributed by atoms with van der Waals surface area (Å²) in [6.45, 7) is 5.15. The predicted octanol–water partition coefficient (Wildman–Crippen LogP) is 2.32. The van der Waals surface area contributed by atoms with Crippen molar-refractivity contribution in [1.82, 2.24) is 4.90 Å². The van der Waals surface area contributed by atoms with Gasteiger partial charge in [-0.3, -0.25) is 9.69 Å². The number of nitrogens with zero attached hydrogens (tertiary/aromatic N) is 1. The van der Waals surface area contributed by atoms with E-state index in [1.165, 1.54) is 0 Å². The van der Waals surface area contributed by atoms with Crippen molar-refractivity contribution < 1.29 is 14.6 Å². The molecule has 0 radical (unpaired) electrons. The average Bonchev–Trinajstić information content (AvgIpc) is 2.83. The first kappa shape index (κ1) is 13.2. The van der Waals surface area contributed by atoms with Crippen molar-refractivity contribution in [2.75, 3.05) is 13.1 Å². The number of hydrogen-bond donors (Lipinski definition) is 1. The Morgan fingerprint density at radius 2 is 2.30 bits per heavy atom. The third-order valence-corrected chi connectivity index (χ3v) is 4.31. The maximum atomic E-state index is 11.1. The van der Waals surface area contributed by atoms with Gasteiger partial charge in [-0.2, -0.15) is 0 Å². The maximum Gasteiger partial charge on any atom is 0.320 e. The Hall–Kier alpha value is -1.81. The smallest absolute Gasteiger partial charge is 0.320 e. The van der Waals surface area contributed by atoms with Crippen LogP contribution < -0.4 is 4.74 Å². The van der Waals surface area contributed by atoms with Gasteiger partial charge in [-0.25, -0.2) is 0 Å². The molecule has 1 N–H and O–H groups in total. The number of hydrogen-bond acceptors (Lipinski definition) is 3. The molecule has 1 fully saturated rings. The molecular weight excluding hydrogens is 254 g/mol. The molecule has 0 saturated carbocycles. The number of aryl methyl sites for hydroxylation is 1. The molecule has 3 rings (SSSR count). The van der Waals surface area contributed by atoms with Gasteiger partial charge in [0.1, 0.15) is 17.4 Å². The van der Waals surface area contributed by atoms with E-state index in [1.807, 2.05) is 30.0 Å².